The minimum atomic E-state index is 0.841. The second-order valence-electron chi connectivity index (χ2n) is 3.78. The first kappa shape index (κ1) is 10.2. The van der Waals surface area contributed by atoms with E-state index in [2.05, 4.69) is 30.1 Å². The van der Waals surface area contributed by atoms with Crippen molar-refractivity contribution in [2.45, 2.75) is 12.8 Å². The second-order valence-corrected chi connectivity index (χ2v) is 3.78. The van der Waals surface area contributed by atoms with Crippen LogP contribution in [0.25, 0.3) is 0 Å². The fourth-order valence-corrected chi connectivity index (χ4v) is 1.83. The van der Waals surface area contributed by atoms with Gasteiger partial charge in [0.1, 0.15) is 5.75 Å². The average Bonchev–Trinajstić information content (AvgIpc) is 2.71. The number of hydrogen-bond acceptors (Lipinski definition) is 2. The number of rotatable bonds is 5. The minimum Gasteiger partial charge on any atom is -0.493 e. The van der Waals surface area contributed by atoms with Gasteiger partial charge in [0.2, 0.25) is 0 Å². The summed E-state index contributed by atoms with van der Waals surface area (Å²) in [4.78, 5) is 0. The van der Waals surface area contributed by atoms with Gasteiger partial charge < -0.3 is 10.1 Å². The number of nitrogens with one attached hydrogen (secondary N) is 1. The van der Waals surface area contributed by atoms with Crippen LogP contribution in [0.1, 0.15) is 11.1 Å². The molecular formula is C13H17NO. The van der Waals surface area contributed by atoms with Crippen molar-refractivity contribution in [2.75, 3.05) is 19.7 Å². The molecule has 1 aliphatic rings. The van der Waals surface area contributed by atoms with Crippen LogP contribution in [0.3, 0.4) is 0 Å². The van der Waals surface area contributed by atoms with E-state index in [-0.39, 0.29) is 0 Å². The fraction of sp³-hybridized carbons (Fsp3) is 0.385. The van der Waals surface area contributed by atoms with E-state index in [0.717, 1.165) is 38.3 Å². The zero-order valence-electron chi connectivity index (χ0n) is 8.96. The van der Waals surface area contributed by atoms with Gasteiger partial charge >= 0.3 is 0 Å². The van der Waals surface area contributed by atoms with Crippen molar-refractivity contribution >= 4 is 0 Å². The Hall–Kier alpha value is -1.28. The fourth-order valence-electron chi connectivity index (χ4n) is 1.83. The zero-order valence-corrected chi connectivity index (χ0v) is 8.96. The molecule has 0 radical (unpaired) electrons. The van der Waals surface area contributed by atoms with Gasteiger partial charge in [-0.3, -0.25) is 0 Å². The molecule has 0 fully saturated rings. The molecule has 2 nitrogen and oxygen atoms in total. The molecule has 0 amide bonds. The summed E-state index contributed by atoms with van der Waals surface area (Å²) in [6.07, 6.45) is 4.01. The molecule has 0 bridgehead atoms. The molecule has 1 aromatic carbocycles. The first-order valence-electron chi connectivity index (χ1n) is 5.46. The van der Waals surface area contributed by atoms with Crippen LogP contribution >= 0.6 is 0 Å². The summed E-state index contributed by atoms with van der Waals surface area (Å²) in [5.74, 6) is 1.07. The highest BCUT2D eigenvalue weighted by molar-refractivity contribution is 5.39. The Morgan fingerprint density at radius 1 is 1.47 bits per heavy atom. The predicted molar refractivity (Wildman–Crippen MR) is 62.4 cm³/mol. The third kappa shape index (κ3) is 2.60. The van der Waals surface area contributed by atoms with Gasteiger partial charge in [-0.05, 0) is 30.2 Å². The highest BCUT2D eigenvalue weighted by atomic mass is 16.5. The lowest BCUT2D eigenvalue weighted by atomic mass is 10.1. The number of fused-ring (bicyclic) bond motifs is 1. The van der Waals surface area contributed by atoms with E-state index in [1.54, 1.807) is 0 Å². The van der Waals surface area contributed by atoms with E-state index in [9.17, 15) is 0 Å². The molecule has 0 spiro atoms. The predicted octanol–water partition coefficient (Wildman–Crippen LogP) is 1.94. The molecule has 80 valence electrons. The molecule has 0 atom stereocenters. The highest BCUT2D eigenvalue weighted by Crippen LogP contribution is 2.25. The molecule has 1 N–H and O–H groups in total. The third-order valence-electron chi connectivity index (χ3n) is 2.63. The van der Waals surface area contributed by atoms with Crippen molar-refractivity contribution in [3.05, 3.63) is 42.0 Å². The van der Waals surface area contributed by atoms with Crippen LogP contribution in [-0.2, 0) is 12.8 Å². The standard InChI is InChI=1S/C13H17NO/c1-2-7-14-8-5-11-3-4-13-12(10-11)6-9-15-13/h2-4,10,14H,1,5-9H2. The molecule has 0 saturated carbocycles. The van der Waals surface area contributed by atoms with E-state index in [4.69, 9.17) is 4.74 Å². The second kappa shape index (κ2) is 4.99. The van der Waals surface area contributed by atoms with Gasteiger partial charge in [0, 0.05) is 13.0 Å². The molecule has 1 heterocycles. The molecule has 1 aliphatic heterocycles. The van der Waals surface area contributed by atoms with Crippen molar-refractivity contribution in [3.63, 3.8) is 0 Å². The lowest BCUT2D eigenvalue weighted by Gasteiger charge is -2.04. The van der Waals surface area contributed by atoms with Crippen molar-refractivity contribution in [1.29, 1.82) is 0 Å². The third-order valence-corrected chi connectivity index (χ3v) is 2.63. The van der Waals surface area contributed by atoms with Crippen molar-refractivity contribution in [1.82, 2.24) is 5.32 Å². The molecule has 2 heteroatoms. The van der Waals surface area contributed by atoms with E-state index >= 15 is 0 Å². The summed E-state index contributed by atoms with van der Waals surface area (Å²) in [6.45, 7) is 6.40. The molecule has 0 saturated heterocycles. The largest absolute Gasteiger partial charge is 0.493 e. The summed E-state index contributed by atoms with van der Waals surface area (Å²) >= 11 is 0. The molecule has 1 aromatic rings. The van der Waals surface area contributed by atoms with Crippen LogP contribution in [0.15, 0.2) is 30.9 Å². The number of benzene rings is 1. The summed E-state index contributed by atoms with van der Waals surface area (Å²) in [5.41, 5.74) is 2.74. The SMILES string of the molecule is C=CCNCCc1ccc2c(c1)CCO2. The van der Waals surface area contributed by atoms with Crippen molar-refractivity contribution in [2.24, 2.45) is 0 Å². The summed E-state index contributed by atoms with van der Waals surface area (Å²) < 4.78 is 5.47. The van der Waals surface area contributed by atoms with Crippen molar-refractivity contribution in [3.8, 4) is 5.75 Å². The van der Waals surface area contributed by atoms with Gasteiger partial charge in [0.15, 0.2) is 0 Å². The van der Waals surface area contributed by atoms with Gasteiger partial charge in [-0.2, -0.15) is 0 Å². The highest BCUT2D eigenvalue weighted by Gasteiger charge is 2.11. The van der Waals surface area contributed by atoms with Crippen molar-refractivity contribution < 1.29 is 4.74 Å². The topological polar surface area (TPSA) is 21.3 Å². The molecular weight excluding hydrogens is 186 g/mol. The Bertz CT molecular complexity index is 346. The van der Waals surface area contributed by atoms with Gasteiger partial charge in [-0.15, -0.1) is 6.58 Å². The van der Waals surface area contributed by atoms with E-state index in [1.807, 2.05) is 6.08 Å². The maximum absolute atomic E-state index is 5.47. The van der Waals surface area contributed by atoms with E-state index in [0.29, 0.717) is 0 Å². The van der Waals surface area contributed by atoms with Gasteiger partial charge in [-0.1, -0.05) is 18.2 Å². The Morgan fingerprint density at radius 2 is 2.40 bits per heavy atom. The minimum absolute atomic E-state index is 0.841. The zero-order chi connectivity index (χ0) is 10.5. The normalized spacial score (nSPS) is 13.3. The van der Waals surface area contributed by atoms with Gasteiger partial charge in [-0.25, -0.2) is 0 Å². The van der Waals surface area contributed by atoms with E-state index < -0.39 is 0 Å². The quantitative estimate of drug-likeness (QED) is 0.583. The lowest BCUT2D eigenvalue weighted by molar-refractivity contribution is 0.357. The molecule has 15 heavy (non-hydrogen) atoms. The van der Waals surface area contributed by atoms with Gasteiger partial charge in [0.05, 0.1) is 6.61 Å². The van der Waals surface area contributed by atoms with Crippen LogP contribution in [0.2, 0.25) is 0 Å². The first-order chi connectivity index (χ1) is 7.40. The van der Waals surface area contributed by atoms with Gasteiger partial charge in [0.25, 0.3) is 0 Å². The number of ether oxygens (including phenoxy) is 1. The van der Waals surface area contributed by atoms with Crippen LogP contribution < -0.4 is 10.1 Å². The smallest absolute Gasteiger partial charge is 0.122 e. The number of hydrogen-bond donors (Lipinski definition) is 1. The maximum atomic E-state index is 5.47. The average molecular weight is 203 g/mol. The molecule has 0 aromatic heterocycles. The summed E-state index contributed by atoms with van der Waals surface area (Å²) in [5, 5.41) is 3.30. The lowest BCUT2D eigenvalue weighted by Crippen LogP contribution is -2.16. The van der Waals surface area contributed by atoms with Crippen LogP contribution in [0.5, 0.6) is 5.75 Å². The summed E-state index contributed by atoms with van der Waals surface area (Å²) in [7, 11) is 0. The Balaban J connectivity index is 1.89. The first-order valence-corrected chi connectivity index (χ1v) is 5.46. The molecule has 0 aliphatic carbocycles. The van der Waals surface area contributed by atoms with Crippen LogP contribution in [-0.4, -0.2) is 19.7 Å². The van der Waals surface area contributed by atoms with E-state index in [1.165, 1.54) is 11.1 Å². The van der Waals surface area contributed by atoms with Crippen LogP contribution in [0, 0.1) is 0 Å². The maximum Gasteiger partial charge on any atom is 0.122 e. The monoisotopic (exact) mass is 203 g/mol. The Morgan fingerprint density at radius 3 is 3.27 bits per heavy atom. The molecule has 2 rings (SSSR count). The Labute approximate surface area is 91.0 Å². The Kier molecular flexibility index (Phi) is 3.41. The van der Waals surface area contributed by atoms with Crippen LogP contribution in [0.4, 0.5) is 0 Å². The molecule has 0 unspecified atom stereocenters. The summed E-state index contributed by atoms with van der Waals surface area (Å²) in [6, 6.07) is 6.50.